The van der Waals surface area contributed by atoms with E-state index in [0.717, 1.165) is 23.1 Å². The number of benzene rings is 3. The average molecular weight is 448 g/mol. The standard InChI is InChI=1S/C25H25N3O3S/c1-18-11-13-20(14-12-18)24-22(17-29)28(16-15-19-7-3-2-4-8-19)27-25(24)21-9-5-6-10-23(21)32(26,30)31/h2-14,29H,15-17H2,1H3,(H2,26,30,31). The number of primary sulfonamides is 1. The summed E-state index contributed by atoms with van der Waals surface area (Å²) in [5.74, 6) is 0. The normalized spacial score (nSPS) is 11.6. The van der Waals surface area contributed by atoms with Gasteiger partial charge in [0.1, 0.15) is 5.69 Å². The molecule has 0 aliphatic heterocycles. The first kappa shape index (κ1) is 22.0. The van der Waals surface area contributed by atoms with Gasteiger partial charge >= 0.3 is 0 Å². The lowest BCUT2D eigenvalue weighted by Crippen LogP contribution is -2.13. The van der Waals surface area contributed by atoms with Gasteiger partial charge in [-0.15, -0.1) is 0 Å². The number of nitrogens with zero attached hydrogens (tertiary/aromatic N) is 2. The van der Waals surface area contributed by atoms with E-state index < -0.39 is 10.0 Å². The molecule has 0 radical (unpaired) electrons. The number of sulfonamides is 1. The number of hydrogen-bond acceptors (Lipinski definition) is 4. The van der Waals surface area contributed by atoms with Gasteiger partial charge in [-0.1, -0.05) is 78.4 Å². The topological polar surface area (TPSA) is 98.2 Å². The molecule has 7 heteroatoms. The SMILES string of the molecule is Cc1ccc(-c2c(-c3ccccc3S(N)(=O)=O)nn(CCc3ccccc3)c2CO)cc1. The third-order valence-electron chi connectivity index (χ3n) is 5.45. The van der Waals surface area contributed by atoms with Gasteiger partial charge in [-0.05, 0) is 30.5 Å². The third-order valence-corrected chi connectivity index (χ3v) is 6.42. The predicted molar refractivity (Wildman–Crippen MR) is 125 cm³/mol. The molecule has 0 saturated carbocycles. The lowest BCUT2D eigenvalue weighted by atomic mass is 9.98. The molecule has 0 saturated heterocycles. The van der Waals surface area contributed by atoms with Crippen molar-refractivity contribution in [2.24, 2.45) is 5.14 Å². The molecular formula is C25H25N3O3S. The van der Waals surface area contributed by atoms with E-state index in [4.69, 9.17) is 10.2 Å². The molecule has 3 aromatic carbocycles. The fourth-order valence-electron chi connectivity index (χ4n) is 3.84. The lowest BCUT2D eigenvalue weighted by Gasteiger charge is -2.10. The van der Waals surface area contributed by atoms with Crippen LogP contribution in [0.25, 0.3) is 22.4 Å². The quantitative estimate of drug-likeness (QED) is 0.449. The van der Waals surface area contributed by atoms with Gasteiger partial charge < -0.3 is 5.11 Å². The molecule has 0 amide bonds. The van der Waals surface area contributed by atoms with E-state index in [-0.39, 0.29) is 11.5 Å². The second-order valence-corrected chi connectivity index (χ2v) is 9.22. The summed E-state index contributed by atoms with van der Waals surface area (Å²) in [4.78, 5) is 0.00515. The van der Waals surface area contributed by atoms with E-state index in [2.05, 4.69) is 0 Å². The van der Waals surface area contributed by atoms with Crippen LogP contribution in [0.15, 0.2) is 83.8 Å². The molecule has 0 bridgehead atoms. The summed E-state index contributed by atoms with van der Waals surface area (Å²) in [5, 5.41) is 20.6. The highest BCUT2D eigenvalue weighted by Crippen LogP contribution is 2.37. The van der Waals surface area contributed by atoms with E-state index in [1.54, 1.807) is 22.9 Å². The van der Waals surface area contributed by atoms with Gasteiger partial charge in [0.25, 0.3) is 0 Å². The number of rotatable bonds is 7. The lowest BCUT2D eigenvalue weighted by molar-refractivity contribution is 0.268. The summed E-state index contributed by atoms with van der Waals surface area (Å²) in [6.07, 6.45) is 0.721. The zero-order valence-electron chi connectivity index (χ0n) is 17.8. The first-order chi connectivity index (χ1) is 15.4. The smallest absolute Gasteiger partial charge is 0.238 e. The number of aryl methyl sites for hydroxylation is 3. The van der Waals surface area contributed by atoms with Crippen molar-refractivity contribution < 1.29 is 13.5 Å². The van der Waals surface area contributed by atoms with Crippen LogP contribution in [-0.2, 0) is 29.6 Å². The van der Waals surface area contributed by atoms with Gasteiger partial charge in [0, 0.05) is 17.7 Å². The Labute approximate surface area is 188 Å². The van der Waals surface area contributed by atoms with E-state index >= 15 is 0 Å². The monoisotopic (exact) mass is 447 g/mol. The van der Waals surface area contributed by atoms with E-state index in [1.807, 2.05) is 61.5 Å². The third kappa shape index (κ3) is 4.50. The average Bonchev–Trinajstić information content (AvgIpc) is 3.17. The van der Waals surface area contributed by atoms with Crippen LogP contribution < -0.4 is 5.14 Å². The summed E-state index contributed by atoms with van der Waals surface area (Å²) in [6, 6.07) is 24.4. The molecule has 164 valence electrons. The van der Waals surface area contributed by atoms with Crippen LogP contribution >= 0.6 is 0 Å². The molecule has 0 unspecified atom stereocenters. The minimum Gasteiger partial charge on any atom is -0.390 e. The van der Waals surface area contributed by atoms with Gasteiger partial charge in [-0.25, -0.2) is 13.6 Å². The maximum atomic E-state index is 12.3. The minimum atomic E-state index is -3.96. The first-order valence-electron chi connectivity index (χ1n) is 10.3. The van der Waals surface area contributed by atoms with Crippen LogP contribution in [0.1, 0.15) is 16.8 Å². The fraction of sp³-hybridized carbons (Fsp3) is 0.160. The molecule has 6 nitrogen and oxygen atoms in total. The Bertz CT molecular complexity index is 1330. The van der Waals surface area contributed by atoms with Gasteiger partial charge in [0.15, 0.2) is 0 Å². The molecule has 0 atom stereocenters. The molecule has 1 heterocycles. The van der Waals surface area contributed by atoms with Crippen molar-refractivity contribution in [3.8, 4) is 22.4 Å². The highest BCUT2D eigenvalue weighted by Gasteiger charge is 2.24. The van der Waals surface area contributed by atoms with Crippen molar-refractivity contribution in [2.45, 2.75) is 31.4 Å². The molecule has 4 aromatic rings. The molecule has 0 aliphatic carbocycles. The maximum absolute atomic E-state index is 12.3. The zero-order chi connectivity index (χ0) is 22.7. The van der Waals surface area contributed by atoms with Crippen molar-refractivity contribution in [2.75, 3.05) is 0 Å². The number of nitrogens with two attached hydrogens (primary N) is 1. The Balaban J connectivity index is 1.91. The van der Waals surface area contributed by atoms with E-state index in [9.17, 15) is 13.5 Å². The van der Waals surface area contributed by atoms with Crippen molar-refractivity contribution in [3.63, 3.8) is 0 Å². The first-order valence-corrected chi connectivity index (χ1v) is 11.9. The summed E-state index contributed by atoms with van der Waals surface area (Å²) in [7, 11) is -3.96. The van der Waals surface area contributed by atoms with Crippen molar-refractivity contribution >= 4 is 10.0 Å². The molecule has 0 fully saturated rings. The molecule has 32 heavy (non-hydrogen) atoms. The summed E-state index contributed by atoms with van der Waals surface area (Å²) >= 11 is 0. The Kier molecular flexibility index (Phi) is 6.23. The molecular weight excluding hydrogens is 422 g/mol. The zero-order valence-corrected chi connectivity index (χ0v) is 18.6. The van der Waals surface area contributed by atoms with Gasteiger partial charge in [-0.2, -0.15) is 5.10 Å². The van der Waals surface area contributed by atoms with Crippen molar-refractivity contribution in [3.05, 3.63) is 95.7 Å². The van der Waals surface area contributed by atoms with Gasteiger partial charge in [0.2, 0.25) is 10.0 Å². The highest BCUT2D eigenvalue weighted by atomic mass is 32.2. The molecule has 0 aliphatic rings. The number of aliphatic hydroxyl groups excluding tert-OH is 1. The van der Waals surface area contributed by atoms with Crippen LogP contribution in [0.2, 0.25) is 0 Å². The Hall–Kier alpha value is -3.26. The molecule has 4 rings (SSSR count). The van der Waals surface area contributed by atoms with Crippen LogP contribution in [0.4, 0.5) is 0 Å². The maximum Gasteiger partial charge on any atom is 0.238 e. The Morgan fingerprint density at radius 2 is 1.59 bits per heavy atom. The van der Waals surface area contributed by atoms with Gasteiger partial charge in [0.05, 0.1) is 17.2 Å². The van der Waals surface area contributed by atoms with Crippen LogP contribution in [0.3, 0.4) is 0 Å². The Morgan fingerprint density at radius 3 is 2.25 bits per heavy atom. The largest absolute Gasteiger partial charge is 0.390 e. The fourth-order valence-corrected chi connectivity index (χ4v) is 4.58. The predicted octanol–water partition coefficient (Wildman–Crippen LogP) is 3.91. The minimum absolute atomic E-state index is 0.00515. The number of aliphatic hydroxyl groups is 1. The number of hydrogen-bond donors (Lipinski definition) is 2. The van der Waals surface area contributed by atoms with E-state index in [0.29, 0.717) is 29.1 Å². The van der Waals surface area contributed by atoms with Crippen molar-refractivity contribution in [1.82, 2.24) is 9.78 Å². The Morgan fingerprint density at radius 1 is 0.938 bits per heavy atom. The van der Waals surface area contributed by atoms with Gasteiger partial charge in [-0.3, -0.25) is 4.68 Å². The summed E-state index contributed by atoms with van der Waals surface area (Å²) < 4.78 is 26.3. The second kappa shape index (κ2) is 9.08. The highest BCUT2D eigenvalue weighted by molar-refractivity contribution is 7.89. The van der Waals surface area contributed by atoms with Crippen molar-refractivity contribution in [1.29, 1.82) is 0 Å². The second-order valence-electron chi connectivity index (χ2n) is 7.69. The van der Waals surface area contributed by atoms with Crippen LogP contribution in [0, 0.1) is 6.92 Å². The van der Waals surface area contributed by atoms with Crippen LogP contribution in [-0.4, -0.2) is 23.3 Å². The summed E-state index contributed by atoms with van der Waals surface area (Å²) in [5.41, 5.74) is 5.33. The summed E-state index contributed by atoms with van der Waals surface area (Å²) in [6.45, 7) is 2.30. The van der Waals surface area contributed by atoms with Crippen LogP contribution in [0.5, 0.6) is 0 Å². The molecule has 3 N–H and O–H groups in total. The molecule has 0 spiro atoms. The molecule has 1 aromatic heterocycles. The number of aromatic nitrogens is 2. The van der Waals surface area contributed by atoms with E-state index in [1.165, 1.54) is 6.07 Å².